The molecule has 0 aliphatic heterocycles. The SMILES string of the molecule is CCCCCCCCCCCCCC(=O)OC[C@H](COC(=O)CCCCCCCCCCCCC(C)C)OC(=O)CCCCCCCCCCCCCCCCCCCCC(C)CC. The van der Waals surface area contributed by atoms with Crippen molar-refractivity contribution < 1.29 is 28.6 Å². The Balaban J connectivity index is 4.22. The summed E-state index contributed by atoms with van der Waals surface area (Å²) >= 11 is 0. The number of carbonyl (C=O) groups excluding carboxylic acids is 3. The van der Waals surface area contributed by atoms with E-state index in [4.69, 9.17) is 14.2 Å². The second kappa shape index (κ2) is 50.8. The van der Waals surface area contributed by atoms with Crippen LogP contribution in [0.4, 0.5) is 0 Å². The van der Waals surface area contributed by atoms with E-state index in [9.17, 15) is 14.4 Å². The summed E-state index contributed by atoms with van der Waals surface area (Å²) in [7, 11) is 0. The zero-order chi connectivity index (χ0) is 46.8. The summed E-state index contributed by atoms with van der Waals surface area (Å²) in [5.74, 6) is 0.886. The fourth-order valence-electron chi connectivity index (χ4n) is 8.84. The Labute approximate surface area is 399 Å². The highest BCUT2D eigenvalue weighted by molar-refractivity contribution is 5.71. The summed E-state index contributed by atoms with van der Waals surface area (Å²) < 4.78 is 16.9. The van der Waals surface area contributed by atoms with Crippen molar-refractivity contribution in [1.82, 2.24) is 0 Å². The molecule has 64 heavy (non-hydrogen) atoms. The second-order valence-corrected chi connectivity index (χ2v) is 20.6. The number of ether oxygens (including phenoxy) is 3. The van der Waals surface area contributed by atoms with Gasteiger partial charge in [0.1, 0.15) is 13.2 Å². The highest BCUT2D eigenvalue weighted by Crippen LogP contribution is 2.19. The van der Waals surface area contributed by atoms with E-state index in [1.165, 1.54) is 212 Å². The zero-order valence-corrected chi connectivity index (χ0v) is 43.9. The molecule has 0 saturated carbocycles. The van der Waals surface area contributed by atoms with Gasteiger partial charge in [0.15, 0.2) is 6.10 Å². The maximum atomic E-state index is 12.8. The lowest BCUT2D eigenvalue weighted by molar-refractivity contribution is -0.167. The van der Waals surface area contributed by atoms with E-state index < -0.39 is 6.10 Å². The minimum Gasteiger partial charge on any atom is -0.462 e. The van der Waals surface area contributed by atoms with Crippen molar-refractivity contribution >= 4 is 17.9 Å². The highest BCUT2D eigenvalue weighted by atomic mass is 16.6. The number of esters is 3. The quantitative estimate of drug-likeness (QED) is 0.0344. The topological polar surface area (TPSA) is 78.9 Å². The number of hydrogen-bond donors (Lipinski definition) is 0. The standard InChI is InChI=1S/C58H112O6/c1-6-8-9-10-11-12-21-28-33-38-43-48-56(59)62-51-55(52-63-57(60)49-44-39-34-29-25-24-26-31-36-41-46-53(3)4)64-58(61)50-45-40-35-30-23-20-18-16-14-13-15-17-19-22-27-32-37-42-47-54(5)7-2/h53-55H,6-52H2,1-5H3/t54?,55-/m1/s1. The fourth-order valence-corrected chi connectivity index (χ4v) is 8.84. The van der Waals surface area contributed by atoms with Gasteiger partial charge in [-0.05, 0) is 31.1 Å². The summed E-state index contributed by atoms with van der Waals surface area (Å²) in [6.45, 7) is 11.4. The smallest absolute Gasteiger partial charge is 0.306 e. The van der Waals surface area contributed by atoms with Crippen LogP contribution in [0.2, 0.25) is 0 Å². The van der Waals surface area contributed by atoms with Gasteiger partial charge in [0.2, 0.25) is 0 Å². The molecule has 0 spiro atoms. The first-order valence-corrected chi connectivity index (χ1v) is 28.8. The molecule has 0 aromatic carbocycles. The molecule has 0 heterocycles. The summed E-state index contributed by atoms with van der Waals surface area (Å²) in [5, 5.41) is 0. The Morgan fingerprint density at radius 3 is 0.891 bits per heavy atom. The molecule has 380 valence electrons. The average molecular weight is 906 g/mol. The summed E-state index contributed by atoms with van der Waals surface area (Å²) in [4.78, 5) is 38.0. The lowest BCUT2D eigenvalue weighted by Crippen LogP contribution is -2.30. The van der Waals surface area contributed by atoms with E-state index in [-0.39, 0.29) is 31.1 Å². The van der Waals surface area contributed by atoms with Crippen LogP contribution >= 0.6 is 0 Å². The molecule has 0 aliphatic carbocycles. The van der Waals surface area contributed by atoms with Crippen LogP contribution in [-0.4, -0.2) is 37.2 Å². The van der Waals surface area contributed by atoms with Gasteiger partial charge in [-0.1, -0.05) is 285 Å². The van der Waals surface area contributed by atoms with Crippen LogP contribution in [0.15, 0.2) is 0 Å². The van der Waals surface area contributed by atoms with Crippen LogP contribution in [0, 0.1) is 11.8 Å². The Hall–Kier alpha value is -1.59. The molecule has 0 amide bonds. The molecular weight excluding hydrogens is 793 g/mol. The number of rotatable bonds is 52. The molecule has 2 atom stereocenters. The number of hydrogen-bond acceptors (Lipinski definition) is 6. The van der Waals surface area contributed by atoms with E-state index in [0.29, 0.717) is 19.3 Å². The molecule has 0 saturated heterocycles. The summed E-state index contributed by atoms with van der Waals surface area (Å²) in [6.07, 6.45) is 53.8. The van der Waals surface area contributed by atoms with Crippen LogP contribution in [0.3, 0.4) is 0 Å². The summed E-state index contributed by atoms with van der Waals surface area (Å²) in [5.41, 5.74) is 0. The minimum absolute atomic E-state index is 0.0631. The molecular formula is C58H112O6. The van der Waals surface area contributed by atoms with Gasteiger partial charge >= 0.3 is 17.9 Å². The van der Waals surface area contributed by atoms with Gasteiger partial charge < -0.3 is 14.2 Å². The second-order valence-electron chi connectivity index (χ2n) is 20.6. The van der Waals surface area contributed by atoms with Gasteiger partial charge in [0, 0.05) is 19.3 Å². The van der Waals surface area contributed by atoms with Crippen LogP contribution < -0.4 is 0 Å². The first-order valence-electron chi connectivity index (χ1n) is 28.8. The van der Waals surface area contributed by atoms with Crippen molar-refractivity contribution in [2.24, 2.45) is 11.8 Å². The van der Waals surface area contributed by atoms with Crippen LogP contribution in [0.5, 0.6) is 0 Å². The van der Waals surface area contributed by atoms with Crippen molar-refractivity contribution in [3.63, 3.8) is 0 Å². The molecule has 0 fully saturated rings. The number of unbranched alkanes of at least 4 members (excludes halogenated alkanes) is 36. The molecule has 0 N–H and O–H groups in total. The van der Waals surface area contributed by atoms with E-state index >= 15 is 0 Å². The maximum Gasteiger partial charge on any atom is 0.306 e. The van der Waals surface area contributed by atoms with Gasteiger partial charge in [0.25, 0.3) is 0 Å². The normalized spacial score (nSPS) is 12.5. The van der Waals surface area contributed by atoms with Crippen molar-refractivity contribution in [2.75, 3.05) is 13.2 Å². The van der Waals surface area contributed by atoms with Gasteiger partial charge in [-0.25, -0.2) is 0 Å². The Morgan fingerprint density at radius 1 is 0.328 bits per heavy atom. The van der Waals surface area contributed by atoms with E-state index in [2.05, 4.69) is 34.6 Å². The Morgan fingerprint density at radius 2 is 0.594 bits per heavy atom. The monoisotopic (exact) mass is 905 g/mol. The minimum atomic E-state index is -0.762. The fraction of sp³-hybridized carbons (Fsp3) is 0.948. The van der Waals surface area contributed by atoms with E-state index in [0.717, 1.165) is 69.6 Å². The molecule has 0 aromatic heterocycles. The largest absolute Gasteiger partial charge is 0.462 e. The van der Waals surface area contributed by atoms with Crippen LogP contribution in [0.25, 0.3) is 0 Å². The molecule has 0 bridgehead atoms. The van der Waals surface area contributed by atoms with Gasteiger partial charge in [-0.3, -0.25) is 14.4 Å². The van der Waals surface area contributed by atoms with E-state index in [1.807, 2.05) is 0 Å². The average Bonchev–Trinajstić information content (AvgIpc) is 3.28. The molecule has 6 heteroatoms. The van der Waals surface area contributed by atoms with Crippen molar-refractivity contribution in [3.8, 4) is 0 Å². The molecule has 1 unspecified atom stereocenters. The molecule has 0 rings (SSSR count). The third-order valence-electron chi connectivity index (χ3n) is 13.6. The highest BCUT2D eigenvalue weighted by Gasteiger charge is 2.19. The maximum absolute atomic E-state index is 12.8. The molecule has 0 aromatic rings. The van der Waals surface area contributed by atoms with Gasteiger partial charge in [0.05, 0.1) is 0 Å². The van der Waals surface area contributed by atoms with Crippen molar-refractivity contribution in [1.29, 1.82) is 0 Å². The van der Waals surface area contributed by atoms with Gasteiger partial charge in [-0.15, -0.1) is 0 Å². The van der Waals surface area contributed by atoms with E-state index in [1.54, 1.807) is 0 Å². The van der Waals surface area contributed by atoms with Gasteiger partial charge in [-0.2, -0.15) is 0 Å². The Kier molecular flexibility index (Phi) is 49.6. The first kappa shape index (κ1) is 62.4. The lowest BCUT2D eigenvalue weighted by atomic mass is 9.99. The van der Waals surface area contributed by atoms with Crippen LogP contribution in [0.1, 0.15) is 324 Å². The van der Waals surface area contributed by atoms with Crippen LogP contribution in [-0.2, 0) is 28.6 Å². The summed E-state index contributed by atoms with van der Waals surface area (Å²) in [6, 6.07) is 0. The molecule has 0 aliphatic rings. The zero-order valence-electron chi connectivity index (χ0n) is 43.9. The lowest BCUT2D eigenvalue weighted by Gasteiger charge is -2.18. The van der Waals surface area contributed by atoms with Crippen molar-refractivity contribution in [3.05, 3.63) is 0 Å². The van der Waals surface area contributed by atoms with Crippen molar-refractivity contribution in [2.45, 2.75) is 330 Å². The third kappa shape index (κ3) is 49.8. The predicted octanol–water partition coefficient (Wildman–Crippen LogP) is 18.9. The number of carbonyl (C=O) groups is 3. The molecule has 6 nitrogen and oxygen atoms in total. The molecule has 0 radical (unpaired) electrons. The predicted molar refractivity (Wildman–Crippen MR) is 275 cm³/mol. The Bertz CT molecular complexity index is 980. The first-order chi connectivity index (χ1) is 31.3. The third-order valence-corrected chi connectivity index (χ3v) is 13.6.